The number of thioether (sulfide) groups is 1. The van der Waals surface area contributed by atoms with E-state index in [0.717, 1.165) is 37.7 Å². The van der Waals surface area contributed by atoms with Crippen molar-refractivity contribution in [1.29, 1.82) is 0 Å². The molecule has 164 valence electrons. The second-order valence-corrected chi connectivity index (χ2v) is 12.2. The number of fused-ring (bicyclic) bond motifs is 6. The molecule has 0 amide bonds. The third-order valence-electron chi connectivity index (χ3n) is 9.55. The van der Waals surface area contributed by atoms with Crippen molar-refractivity contribution < 1.29 is 24.2 Å². The highest BCUT2D eigenvalue weighted by Gasteiger charge is 2.70. The highest BCUT2D eigenvalue weighted by atomic mass is 32.2. The number of hydrogen-bond acceptors (Lipinski definition) is 6. The second kappa shape index (κ2) is 6.68. The Morgan fingerprint density at radius 3 is 2.63 bits per heavy atom. The third-order valence-corrected chi connectivity index (χ3v) is 10.7. The molecule has 8 unspecified atom stereocenters. The van der Waals surface area contributed by atoms with Crippen molar-refractivity contribution >= 4 is 28.6 Å². The zero-order valence-electron chi connectivity index (χ0n) is 18.1. The van der Waals surface area contributed by atoms with Crippen LogP contribution in [0.3, 0.4) is 0 Å². The molecule has 6 heteroatoms. The summed E-state index contributed by atoms with van der Waals surface area (Å²) in [5.74, 6) is 0.578. The maximum absolute atomic E-state index is 12.2. The summed E-state index contributed by atoms with van der Waals surface area (Å²) in [4.78, 5) is 36.5. The fraction of sp³-hybridized carbons (Fsp3) is 0.792. The van der Waals surface area contributed by atoms with Crippen molar-refractivity contribution in [3.8, 4) is 0 Å². The Bertz CT molecular complexity index is 851. The van der Waals surface area contributed by atoms with E-state index in [2.05, 4.69) is 13.8 Å². The van der Waals surface area contributed by atoms with E-state index >= 15 is 0 Å². The Morgan fingerprint density at radius 2 is 1.97 bits per heavy atom. The molecule has 0 bridgehead atoms. The standard InChI is InChI=1S/C24H32O5S/c1-13(25)30-18-11-14-10-15(26)4-7-22(14,2)21-17(27)12-23(3)16(20(18)21)5-8-24(23)9-6-19(28)29-24/h10,16-18,20-21,27H,4-9,11-12H2,1-3H3. The van der Waals surface area contributed by atoms with Crippen LogP contribution in [0.5, 0.6) is 0 Å². The molecule has 0 aromatic carbocycles. The Morgan fingerprint density at radius 1 is 1.20 bits per heavy atom. The molecule has 1 N–H and O–H groups in total. The Balaban J connectivity index is 1.60. The first-order valence-electron chi connectivity index (χ1n) is 11.4. The van der Waals surface area contributed by atoms with Crippen LogP contribution in [0, 0.1) is 28.6 Å². The smallest absolute Gasteiger partial charge is 0.306 e. The molecular weight excluding hydrogens is 400 g/mol. The summed E-state index contributed by atoms with van der Waals surface area (Å²) in [6.07, 6.45) is 6.98. The average molecular weight is 433 g/mol. The summed E-state index contributed by atoms with van der Waals surface area (Å²) in [5.41, 5.74) is 0.194. The number of carbonyl (C=O) groups excluding carboxylic acids is 3. The average Bonchev–Trinajstić information content (AvgIpc) is 3.16. The third kappa shape index (κ3) is 2.68. The molecule has 8 atom stereocenters. The van der Waals surface area contributed by atoms with Gasteiger partial charge < -0.3 is 9.84 Å². The van der Waals surface area contributed by atoms with Crippen molar-refractivity contribution in [2.24, 2.45) is 28.6 Å². The fourth-order valence-corrected chi connectivity index (χ4v) is 9.43. The largest absolute Gasteiger partial charge is 0.458 e. The number of aliphatic hydroxyl groups excluding tert-OH is 1. The van der Waals surface area contributed by atoms with Crippen molar-refractivity contribution in [3.05, 3.63) is 11.6 Å². The van der Waals surface area contributed by atoms with E-state index in [4.69, 9.17) is 4.74 Å². The lowest BCUT2D eigenvalue weighted by molar-refractivity contribution is -0.183. The highest BCUT2D eigenvalue weighted by molar-refractivity contribution is 8.14. The van der Waals surface area contributed by atoms with Crippen molar-refractivity contribution in [2.45, 2.75) is 89.1 Å². The molecule has 5 nitrogen and oxygen atoms in total. The van der Waals surface area contributed by atoms with Gasteiger partial charge in [0.15, 0.2) is 10.9 Å². The maximum atomic E-state index is 12.2. The van der Waals surface area contributed by atoms with Gasteiger partial charge >= 0.3 is 5.97 Å². The monoisotopic (exact) mass is 432 g/mol. The highest BCUT2D eigenvalue weighted by Crippen LogP contribution is 2.70. The molecule has 4 fully saturated rings. The number of ketones is 1. The van der Waals surface area contributed by atoms with Crippen LogP contribution in [0.25, 0.3) is 0 Å². The summed E-state index contributed by atoms with van der Waals surface area (Å²) in [7, 11) is 0. The predicted molar refractivity (Wildman–Crippen MR) is 114 cm³/mol. The summed E-state index contributed by atoms with van der Waals surface area (Å²) in [6.45, 7) is 6.06. The van der Waals surface area contributed by atoms with Crippen LogP contribution in [0.2, 0.25) is 0 Å². The minimum atomic E-state index is -0.525. The van der Waals surface area contributed by atoms with Crippen LogP contribution < -0.4 is 0 Å². The van der Waals surface area contributed by atoms with E-state index in [-0.39, 0.29) is 44.8 Å². The molecule has 0 aromatic heterocycles. The van der Waals surface area contributed by atoms with Crippen LogP contribution in [0.4, 0.5) is 0 Å². The van der Waals surface area contributed by atoms with E-state index in [1.807, 2.05) is 6.08 Å². The van der Waals surface area contributed by atoms with E-state index in [0.29, 0.717) is 25.2 Å². The van der Waals surface area contributed by atoms with Gasteiger partial charge in [-0.25, -0.2) is 0 Å². The first-order chi connectivity index (χ1) is 14.1. The minimum absolute atomic E-state index is 0.0350. The van der Waals surface area contributed by atoms with E-state index in [9.17, 15) is 19.5 Å². The van der Waals surface area contributed by atoms with Crippen molar-refractivity contribution in [3.63, 3.8) is 0 Å². The van der Waals surface area contributed by atoms with Crippen LogP contribution in [0.1, 0.15) is 72.1 Å². The SMILES string of the molecule is CC(=O)SC1CC2=CC(=O)CCC2(C)C2C(O)CC3(C)C(CCC34CCC(=O)O4)C12. The van der Waals surface area contributed by atoms with Gasteiger partial charge in [-0.05, 0) is 67.8 Å². The van der Waals surface area contributed by atoms with Gasteiger partial charge in [-0.3, -0.25) is 14.4 Å². The first kappa shape index (κ1) is 20.7. The molecule has 1 aliphatic heterocycles. The summed E-state index contributed by atoms with van der Waals surface area (Å²) >= 11 is 1.39. The van der Waals surface area contributed by atoms with E-state index in [1.54, 1.807) is 6.92 Å². The van der Waals surface area contributed by atoms with Crippen LogP contribution in [0.15, 0.2) is 11.6 Å². The van der Waals surface area contributed by atoms with Crippen LogP contribution in [-0.4, -0.2) is 38.9 Å². The molecule has 1 spiro atoms. The molecule has 0 aromatic rings. The summed E-state index contributed by atoms with van der Waals surface area (Å²) in [6, 6.07) is 0. The number of hydrogen-bond donors (Lipinski definition) is 1. The molecule has 0 radical (unpaired) electrons. The van der Waals surface area contributed by atoms with Gasteiger partial charge in [-0.1, -0.05) is 31.2 Å². The van der Waals surface area contributed by atoms with E-state index < -0.39 is 11.7 Å². The Labute approximate surface area is 182 Å². The van der Waals surface area contributed by atoms with Gasteiger partial charge in [-0.2, -0.15) is 0 Å². The van der Waals surface area contributed by atoms with Gasteiger partial charge in [-0.15, -0.1) is 0 Å². The molecule has 5 rings (SSSR count). The van der Waals surface area contributed by atoms with Gasteiger partial charge in [0.25, 0.3) is 0 Å². The Hall–Kier alpha value is -1.14. The zero-order valence-corrected chi connectivity index (χ0v) is 18.9. The number of esters is 1. The van der Waals surface area contributed by atoms with Crippen LogP contribution in [-0.2, 0) is 19.1 Å². The molecule has 1 heterocycles. The lowest BCUT2D eigenvalue weighted by atomic mass is 9.45. The minimum Gasteiger partial charge on any atom is -0.458 e. The fourth-order valence-electron chi connectivity index (χ4n) is 8.23. The Kier molecular flexibility index (Phi) is 4.62. The molecule has 5 aliphatic rings. The predicted octanol–water partition coefficient (Wildman–Crippen LogP) is 3.82. The van der Waals surface area contributed by atoms with Gasteiger partial charge in [0.2, 0.25) is 0 Å². The maximum Gasteiger partial charge on any atom is 0.306 e. The number of carbonyl (C=O) groups is 3. The van der Waals surface area contributed by atoms with Crippen molar-refractivity contribution in [1.82, 2.24) is 0 Å². The second-order valence-electron chi connectivity index (χ2n) is 10.8. The van der Waals surface area contributed by atoms with Crippen molar-refractivity contribution in [2.75, 3.05) is 0 Å². The zero-order chi connectivity index (χ0) is 21.5. The first-order valence-corrected chi connectivity index (χ1v) is 12.3. The van der Waals surface area contributed by atoms with Crippen LogP contribution >= 0.6 is 11.8 Å². The van der Waals surface area contributed by atoms with Gasteiger partial charge in [0, 0.05) is 30.4 Å². The van der Waals surface area contributed by atoms with Gasteiger partial charge in [0.1, 0.15) is 5.60 Å². The van der Waals surface area contributed by atoms with E-state index in [1.165, 1.54) is 11.8 Å². The molecule has 4 aliphatic carbocycles. The quantitative estimate of drug-likeness (QED) is 0.635. The topological polar surface area (TPSA) is 80.7 Å². The normalized spacial score (nSPS) is 49.9. The molecule has 1 saturated heterocycles. The number of ether oxygens (including phenoxy) is 1. The number of rotatable bonds is 1. The van der Waals surface area contributed by atoms with Gasteiger partial charge in [0.05, 0.1) is 6.10 Å². The molecular formula is C24H32O5S. The number of aliphatic hydroxyl groups is 1. The molecule has 30 heavy (non-hydrogen) atoms. The molecule has 3 saturated carbocycles. The number of allylic oxidation sites excluding steroid dienone is 1. The summed E-state index contributed by atoms with van der Waals surface area (Å²) < 4.78 is 5.99. The lowest BCUT2D eigenvalue weighted by Gasteiger charge is -2.62. The lowest BCUT2D eigenvalue weighted by Crippen LogP contribution is -2.62. The summed E-state index contributed by atoms with van der Waals surface area (Å²) in [5, 5.41) is 11.8.